The van der Waals surface area contributed by atoms with E-state index in [-0.39, 0.29) is 16.7 Å². The van der Waals surface area contributed by atoms with Gasteiger partial charge < -0.3 is 27.5 Å². The number of likely N-dealkylation sites (tertiary alicyclic amines) is 2. The van der Waals surface area contributed by atoms with Crippen LogP contribution in [0, 0.1) is 4.84 Å². The van der Waals surface area contributed by atoms with Crippen molar-refractivity contribution in [1.29, 1.82) is 0 Å². The Hall–Kier alpha value is -5.66. The van der Waals surface area contributed by atoms with Crippen LogP contribution in [0.4, 0.5) is 0 Å². The number of aromatic amines is 1. The third kappa shape index (κ3) is 9.47. The molecule has 0 saturated carbocycles. The molecule has 0 radical (unpaired) electrons. The number of carbonyl (C=O) groups excluding carboxylic acids is 2. The van der Waals surface area contributed by atoms with Crippen LogP contribution in [-0.2, 0) is 22.7 Å². The second-order valence-electron chi connectivity index (χ2n) is 12.9. The van der Waals surface area contributed by atoms with Crippen molar-refractivity contribution in [3.05, 3.63) is 106 Å². The Morgan fingerprint density at radius 3 is 1.81 bits per heavy atom. The largest absolute Gasteiger partial charge is 0.445 e. The predicted octanol–water partition coefficient (Wildman–Crippen LogP) is 9.25. The van der Waals surface area contributed by atoms with Gasteiger partial charge in [-0.3, -0.25) is 9.59 Å². The van der Waals surface area contributed by atoms with Crippen LogP contribution >= 0.6 is 58.8 Å². The molecule has 21 heteroatoms. The summed E-state index contributed by atoms with van der Waals surface area (Å²) in [7, 11) is 0. The van der Waals surface area contributed by atoms with Crippen LogP contribution in [0.2, 0.25) is 15.2 Å². The molecule has 0 spiro atoms. The Morgan fingerprint density at radius 2 is 1.25 bits per heavy atom. The van der Waals surface area contributed by atoms with Crippen molar-refractivity contribution in [2.24, 2.45) is 0 Å². The molecule has 2 fully saturated rings. The number of nitrogens with zero attached hydrogens (tertiary/aromatic N) is 9. The molecular weight excluding hydrogens is 863 g/mol. The Bertz CT molecular complexity index is 2810. The van der Waals surface area contributed by atoms with Crippen molar-refractivity contribution < 1.29 is 27.3 Å². The summed E-state index contributed by atoms with van der Waals surface area (Å²) >= 11 is 23.8. The quantitative estimate of drug-likeness (QED) is 0.112. The topological polar surface area (TPSA) is 199 Å². The van der Waals surface area contributed by atoms with Gasteiger partial charge in [-0.2, -0.15) is 0 Å². The first-order valence-electron chi connectivity index (χ1n) is 17.9. The monoisotopic (exact) mass is 890 g/mol. The SMILES string of the molecule is Clc1ccc(-c2coc3ncnc(Cl)c23)cc1.O=C1CCCN1Cc1n[nH]c(=S)o1.O=C1CCCN1Cc1nnc(Sc2ncnc3occ(-c4ccc(Cl)cc4)c23)o1. The molecule has 1 N–H and O–H groups in total. The van der Waals surface area contributed by atoms with Crippen LogP contribution in [0.25, 0.3) is 44.5 Å². The fourth-order valence-corrected chi connectivity index (χ4v) is 7.67. The van der Waals surface area contributed by atoms with Gasteiger partial charge in [0.25, 0.3) is 10.1 Å². The number of hydrogen-bond donors (Lipinski definition) is 1. The molecule has 10 rings (SSSR count). The van der Waals surface area contributed by atoms with Crippen molar-refractivity contribution >= 4 is 92.8 Å². The molecule has 0 bridgehead atoms. The number of amides is 2. The Labute approximate surface area is 358 Å². The molecule has 8 aromatic rings. The maximum atomic E-state index is 11.8. The molecule has 2 aliphatic rings. The third-order valence-corrected chi connectivity index (χ3v) is 10.9. The molecule has 2 saturated heterocycles. The van der Waals surface area contributed by atoms with Crippen LogP contribution in [0.1, 0.15) is 37.5 Å². The van der Waals surface area contributed by atoms with Crippen molar-refractivity contribution in [3.8, 4) is 22.3 Å². The molecule has 0 atom stereocenters. The van der Waals surface area contributed by atoms with Gasteiger partial charge in [0, 0.05) is 47.1 Å². The molecule has 16 nitrogen and oxygen atoms in total. The van der Waals surface area contributed by atoms with E-state index in [1.807, 2.05) is 48.5 Å². The molecule has 2 amide bonds. The van der Waals surface area contributed by atoms with Gasteiger partial charge in [0.05, 0.1) is 23.9 Å². The van der Waals surface area contributed by atoms with E-state index >= 15 is 0 Å². The molecule has 2 aromatic carbocycles. The zero-order valence-corrected chi connectivity index (χ0v) is 34.4. The first-order chi connectivity index (χ1) is 28.7. The minimum Gasteiger partial charge on any atom is -0.445 e. The molecule has 2 aliphatic heterocycles. The van der Waals surface area contributed by atoms with Gasteiger partial charge in [-0.25, -0.2) is 25.0 Å². The zero-order valence-electron chi connectivity index (χ0n) is 30.5. The maximum Gasteiger partial charge on any atom is 0.284 e. The molecule has 0 unspecified atom stereocenters. The van der Waals surface area contributed by atoms with Crippen molar-refractivity contribution in [2.45, 2.75) is 49.0 Å². The predicted molar refractivity (Wildman–Crippen MR) is 219 cm³/mol. The molecule has 300 valence electrons. The van der Waals surface area contributed by atoms with Crippen LogP contribution in [0.3, 0.4) is 0 Å². The molecule has 0 aliphatic carbocycles. The number of fused-ring (bicyclic) bond motifs is 2. The van der Waals surface area contributed by atoms with E-state index in [9.17, 15) is 9.59 Å². The smallest absolute Gasteiger partial charge is 0.284 e. The zero-order chi connectivity index (χ0) is 40.9. The van der Waals surface area contributed by atoms with E-state index in [0.717, 1.165) is 59.0 Å². The van der Waals surface area contributed by atoms with E-state index in [0.29, 0.717) is 74.6 Å². The number of hydrogen-bond acceptors (Lipinski definition) is 15. The summed E-state index contributed by atoms with van der Waals surface area (Å²) in [6.45, 7) is 2.25. The highest BCUT2D eigenvalue weighted by Gasteiger charge is 2.24. The highest BCUT2D eigenvalue weighted by Crippen LogP contribution is 2.38. The van der Waals surface area contributed by atoms with Gasteiger partial charge in [-0.15, -0.1) is 15.3 Å². The first kappa shape index (κ1) is 40.1. The fraction of sp³-hybridized carbons (Fsp3) is 0.211. The summed E-state index contributed by atoms with van der Waals surface area (Å²) in [6.07, 6.45) is 9.05. The minimum absolute atomic E-state index is 0.112. The molecular formula is C38H29Cl3N10O6S2. The minimum atomic E-state index is 0.112. The number of nitrogens with one attached hydrogen (secondary N) is 1. The molecule has 8 heterocycles. The van der Waals surface area contributed by atoms with Gasteiger partial charge in [0.15, 0.2) is 0 Å². The maximum absolute atomic E-state index is 11.8. The third-order valence-electron chi connectivity index (χ3n) is 9.08. The number of furan rings is 2. The summed E-state index contributed by atoms with van der Waals surface area (Å²) in [4.78, 5) is 43.2. The Kier molecular flexibility index (Phi) is 12.3. The lowest BCUT2D eigenvalue weighted by Crippen LogP contribution is -2.23. The van der Waals surface area contributed by atoms with Crippen molar-refractivity contribution in [2.75, 3.05) is 13.1 Å². The highest BCUT2D eigenvalue weighted by atomic mass is 35.5. The summed E-state index contributed by atoms with van der Waals surface area (Å²) in [5, 5.41) is 18.7. The van der Waals surface area contributed by atoms with Gasteiger partial charge in [-0.05, 0) is 72.2 Å². The summed E-state index contributed by atoms with van der Waals surface area (Å²) < 4.78 is 21.7. The number of aromatic nitrogens is 8. The second kappa shape index (κ2) is 18.1. The van der Waals surface area contributed by atoms with Crippen LogP contribution in [0.5, 0.6) is 0 Å². The lowest BCUT2D eigenvalue weighted by Gasteiger charge is -2.11. The van der Waals surface area contributed by atoms with Crippen LogP contribution in [0.15, 0.2) is 102 Å². The van der Waals surface area contributed by atoms with Crippen molar-refractivity contribution in [1.82, 2.24) is 50.1 Å². The Balaban J connectivity index is 0.000000136. The van der Waals surface area contributed by atoms with E-state index in [4.69, 9.17) is 64.7 Å². The van der Waals surface area contributed by atoms with Crippen LogP contribution < -0.4 is 0 Å². The van der Waals surface area contributed by atoms with Gasteiger partial charge in [-0.1, -0.05) is 59.1 Å². The van der Waals surface area contributed by atoms with E-state index < -0.39 is 0 Å². The molecule has 6 aromatic heterocycles. The summed E-state index contributed by atoms with van der Waals surface area (Å²) in [5.74, 6) is 1.14. The number of rotatable bonds is 8. The Morgan fingerprint density at radius 1 is 0.695 bits per heavy atom. The summed E-state index contributed by atoms with van der Waals surface area (Å²) in [5.41, 5.74) is 4.56. The van der Waals surface area contributed by atoms with Crippen molar-refractivity contribution in [3.63, 3.8) is 0 Å². The first-order valence-corrected chi connectivity index (χ1v) is 20.3. The number of H-pyrrole nitrogens is 1. The van der Waals surface area contributed by atoms with E-state index in [1.165, 1.54) is 24.4 Å². The number of carbonyl (C=O) groups is 2. The number of benzene rings is 2. The number of halogens is 3. The standard InChI is InChI=1S/C19H14ClN5O3S.C12H6Cl2N2O.C7H9N3O2S/c20-12-5-3-11(4-6-12)13-9-27-17-16(13)18(22-10-21-17)29-19-24-23-14(28-19)8-25-7-1-2-15(25)26;13-8-3-1-7(2-4-8)9-5-17-12-10(9)11(14)15-6-16-12;11-6-2-1-3-10(6)4-5-8-9-7(13)12-5/h3-6,9-10H,1-2,7-8H2;1-6H;1-4H2,(H,9,13). The molecule has 59 heavy (non-hydrogen) atoms. The summed E-state index contributed by atoms with van der Waals surface area (Å²) in [6, 6.07) is 14.9. The van der Waals surface area contributed by atoms with E-state index in [2.05, 4.69) is 40.3 Å². The normalized spacial score (nSPS) is 13.9. The highest BCUT2D eigenvalue weighted by molar-refractivity contribution is 7.99. The van der Waals surface area contributed by atoms with Gasteiger partial charge in [0.2, 0.25) is 35.0 Å². The lowest BCUT2D eigenvalue weighted by atomic mass is 10.1. The average molecular weight is 892 g/mol. The lowest BCUT2D eigenvalue weighted by molar-refractivity contribution is -0.129. The van der Waals surface area contributed by atoms with Crippen LogP contribution in [-0.4, -0.2) is 75.0 Å². The van der Waals surface area contributed by atoms with Gasteiger partial charge >= 0.3 is 0 Å². The van der Waals surface area contributed by atoms with Gasteiger partial charge in [0.1, 0.15) is 35.4 Å². The fourth-order valence-electron chi connectivity index (χ4n) is 6.27. The average Bonchev–Trinajstić information content (AvgIpc) is 4.11. The second-order valence-corrected chi connectivity index (χ2v) is 15.5. The van der Waals surface area contributed by atoms with E-state index in [1.54, 1.807) is 22.3 Å².